The van der Waals surface area contributed by atoms with Crippen LogP contribution in [-0.2, 0) is 20.9 Å². The zero-order valence-electron chi connectivity index (χ0n) is 19.6. The number of aliphatic imine (C=N–C) groups is 1. The number of carbonyl (C=O) groups excluding carboxylic acids is 2. The van der Waals surface area contributed by atoms with Crippen molar-refractivity contribution in [3.63, 3.8) is 0 Å². The highest BCUT2D eigenvalue weighted by molar-refractivity contribution is 6.12. The molecule has 5 nitrogen and oxygen atoms in total. The monoisotopic (exact) mass is 465 g/mol. The Labute approximate surface area is 204 Å². The minimum Gasteiger partial charge on any atom is -0.508 e. The Balaban J connectivity index is 1.52. The topological polar surface area (TPSA) is 76.0 Å². The summed E-state index contributed by atoms with van der Waals surface area (Å²) in [6.45, 7) is 1.93. The highest BCUT2D eigenvalue weighted by Crippen LogP contribution is 2.46. The van der Waals surface area contributed by atoms with Crippen LogP contribution in [0.1, 0.15) is 48.3 Å². The van der Waals surface area contributed by atoms with Crippen LogP contribution in [0, 0.1) is 5.92 Å². The summed E-state index contributed by atoms with van der Waals surface area (Å²) in [4.78, 5) is 31.8. The van der Waals surface area contributed by atoms with Gasteiger partial charge in [-0.25, -0.2) is 4.79 Å². The van der Waals surface area contributed by atoms with Crippen LogP contribution in [0.3, 0.4) is 0 Å². The lowest BCUT2D eigenvalue weighted by Crippen LogP contribution is -2.41. The van der Waals surface area contributed by atoms with Gasteiger partial charge in [-0.15, -0.1) is 0 Å². The van der Waals surface area contributed by atoms with Crippen LogP contribution >= 0.6 is 0 Å². The number of nitrogens with zero attached hydrogens (tertiary/aromatic N) is 1. The fourth-order valence-corrected chi connectivity index (χ4v) is 5.28. The summed E-state index contributed by atoms with van der Waals surface area (Å²) in [7, 11) is 0. The Morgan fingerprint density at radius 1 is 0.914 bits per heavy atom. The van der Waals surface area contributed by atoms with Crippen LogP contribution in [0.4, 0.5) is 0 Å². The summed E-state index contributed by atoms with van der Waals surface area (Å²) in [5.41, 5.74) is 4.44. The van der Waals surface area contributed by atoms with Crippen LogP contribution in [-0.4, -0.2) is 22.6 Å². The lowest BCUT2D eigenvalue weighted by molar-refractivity contribution is -0.140. The van der Waals surface area contributed by atoms with E-state index in [4.69, 9.17) is 9.73 Å². The molecular weight excluding hydrogens is 438 g/mol. The van der Waals surface area contributed by atoms with Gasteiger partial charge in [-0.05, 0) is 48.1 Å². The van der Waals surface area contributed by atoms with Gasteiger partial charge >= 0.3 is 5.97 Å². The standard InChI is InChI=1S/C30H27NO4/c1-19-27(30(34)35-18-20-9-4-2-5-10-20)28(22-13-8-14-24(32)15-22)29-25(31-19)16-23(17-26(29)33)21-11-6-3-7-12-21/h2-15,23,28-29,32H,16-18H2,1H3. The molecule has 0 amide bonds. The molecular formula is C30H27NO4. The van der Waals surface area contributed by atoms with E-state index in [1.54, 1.807) is 25.1 Å². The second-order valence-electron chi connectivity index (χ2n) is 9.20. The van der Waals surface area contributed by atoms with Crippen LogP contribution in [0.2, 0.25) is 0 Å². The van der Waals surface area contributed by atoms with E-state index in [0.29, 0.717) is 29.7 Å². The molecule has 0 radical (unpaired) electrons. The summed E-state index contributed by atoms with van der Waals surface area (Å²) in [6, 6.07) is 26.3. The summed E-state index contributed by atoms with van der Waals surface area (Å²) < 4.78 is 5.69. The van der Waals surface area contributed by atoms with Gasteiger partial charge in [-0.3, -0.25) is 9.79 Å². The number of phenols is 1. The fraction of sp³-hybridized carbons (Fsp3) is 0.233. The minimum atomic E-state index is -0.556. The molecule has 35 heavy (non-hydrogen) atoms. The lowest BCUT2D eigenvalue weighted by atomic mass is 9.66. The first-order valence-corrected chi connectivity index (χ1v) is 11.9. The summed E-state index contributed by atoms with van der Waals surface area (Å²) in [5, 5.41) is 10.2. The van der Waals surface area contributed by atoms with Crippen molar-refractivity contribution in [2.45, 2.75) is 38.2 Å². The molecule has 1 aliphatic heterocycles. The third kappa shape index (κ3) is 4.67. The first-order chi connectivity index (χ1) is 17.0. The first-order valence-electron chi connectivity index (χ1n) is 11.9. The highest BCUT2D eigenvalue weighted by atomic mass is 16.5. The Morgan fingerprint density at radius 3 is 2.31 bits per heavy atom. The average Bonchev–Trinajstić information content (AvgIpc) is 2.87. The number of Topliss-reactive ketones (excluding diaryl/α,β-unsaturated/α-hetero) is 1. The van der Waals surface area contributed by atoms with Crippen molar-refractivity contribution in [1.29, 1.82) is 0 Å². The molecule has 1 fully saturated rings. The van der Waals surface area contributed by atoms with E-state index in [9.17, 15) is 14.7 Å². The number of carbonyl (C=O) groups is 2. The Bertz CT molecular complexity index is 1310. The fourth-order valence-electron chi connectivity index (χ4n) is 5.28. The van der Waals surface area contributed by atoms with Gasteiger partial charge in [0.15, 0.2) is 0 Å². The Hall–Kier alpha value is -3.99. The zero-order chi connectivity index (χ0) is 24.4. The normalized spacial score (nSPS) is 21.8. The average molecular weight is 466 g/mol. The summed E-state index contributed by atoms with van der Waals surface area (Å²) in [6.07, 6.45) is 1.04. The zero-order valence-corrected chi connectivity index (χ0v) is 19.6. The number of hydrogen-bond acceptors (Lipinski definition) is 5. The maximum Gasteiger partial charge on any atom is 0.336 e. The first kappa shape index (κ1) is 22.8. The number of benzene rings is 3. The van der Waals surface area contributed by atoms with Crippen molar-refractivity contribution < 1.29 is 19.4 Å². The maximum atomic E-state index is 13.6. The molecule has 0 saturated heterocycles. The Kier molecular flexibility index (Phi) is 6.32. The molecule has 1 N–H and O–H groups in total. The van der Waals surface area contributed by atoms with Gasteiger partial charge in [0.2, 0.25) is 0 Å². The SMILES string of the molecule is CC1=C(C(=O)OCc2ccccc2)C(c2cccc(O)c2)C2C(=O)CC(c3ccccc3)CC2=N1. The lowest BCUT2D eigenvalue weighted by Gasteiger charge is -2.38. The Morgan fingerprint density at radius 2 is 1.60 bits per heavy atom. The number of esters is 1. The molecule has 1 saturated carbocycles. The minimum absolute atomic E-state index is 0.0538. The van der Waals surface area contributed by atoms with Gasteiger partial charge in [-0.1, -0.05) is 72.8 Å². The number of hydrogen-bond donors (Lipinski definition) is 1. The second kappa shape index (κ2) is 9.71. The van der Waals surface area contributed by atoms with Gasteiger partial charge in [0.25, 0.3) is 0 Å². The van der Waals surface area contributed by atoms with Gasteiger partial charge in [0.1, 0.15) is 18.1 Å². The van der Waals surface area contributed by atoms with Crippen molar-refractivity contribution >= 4 is 17.5 Å². The van der Waals surface area contributed by atoms with Gasteiger partial charge in [0.05, 0.1) is 11.5 Å². The molecule has 176 valence electrons. The molecule has 5 rings (SSSR count). The van der Waals surface area contributed by atoms with E-state index in [0.717, 1.165) is 16.8 Å². The molecule has 3 unspecified atom stereocenters. The van der Waals surface area contributed by atoms with E-state index in [-0.39, 0.29) is 24.1 Å². The van der Waals surface area contributed by atoms with Crippen molar-refractivity contribution in [2.75, 3.05) is 0 Å². The number of ether oxygens (including phenoxy) is 1. The summed E-state index contributed by atoms with van der Waals surface area (Å²) >= 11 is 0. The van der Waals surface area contributed by atoms with E-state index in [1.807, 2.05) is 66.7 Å². The molecule has 2 aliphatic rings. The maximum absolute atomic E-state index is 13.6. The molecule has 1 heterocycles. The number of rotatable bonds is 5. The number of ketones is 1. The number of fused-ring (bicyclic) bond motifs is 1. The van der Waals surface area contributed by atoms with Crippen LogP contribution in [0.5, 0.6) is 5.75 Å². The van der Waals surface area contributed by atoms with Crippen LogP contribution in [0.15, 0.2) is 101 Å². The smallest absolute Gasteiger partial charge is 0.336 e. The van der Waals surface area contributed by atoms with Crippen LogP contribution in [0.25, 0.3) is 0 Å². The molecule has 5 heteroatoms. The van der Waals surface area contributed by atoms with E-state index >= 15 is 0 Å². The predicted molar refractivity (Wildman–Crippen MR) is 134 cm³/mol. The van der Waals surface area contributed by atoms with Crippen molar-refractivity contribution in [1.82, 2.24) is 0 Å². The van der Waals surface area contributed by atoms with Gasteiger partial charge in [0, 0.05) is 23.7 Å². The molecule has 3 aromatic rings. The van der Waals surface area contributed by atoms with E-state index < -0.39 is 17.8 Å². The number of allylic oxidation sites excluding steroid dienone is 1. The highest BCUT2D eigenvalue weighted by Gasteiger charge is 2.46. The molecule has 0 bridgehead atoms. The third-order valence-corrected chi connectivity index (χ3v) is 6.89. The van der Waals surface area contributed by atoms with Crippen molar-refractivity contribution in [3.8, 4) is 5.75 Å². The van der Waals surface area contributed by atoms with Crippen molar-refractivity contribution in [3.05, 3.63) is 113 Å². The van der Waals surface area contributed by atoms with Crippen molar-refractivity contribution in [2.24, 2.45) is 10.9 Å². The molecule has 1 aliphatic carbocycles. The van der Waals surface area contributed by atoms with Crippen LogP contribution < -0.4 is 0 Å². The number of phenolic OH excluding ortho intramolecular Hbond substituents is 1. The molecule has 0 spiro atoms. The van der Waals surface area contributed by atoms with E-state index in [1.165, 1.54) is 0 Å². The largest absolute Gasteiger partial charge is 0.508 e. The second-order valence-corrected chi connectivity index (χ2v) is 9.20. The molecule has 0 aromatic heterocycles. The quantitative estimate of drug-likeness (QED) is 0.490. The molecule has 3 atom stereocenters. The number of aromatic hydroxyl groups is 1. The van der Waals surface area contributed by atoms with Gasteiger partial charge < -0.3 is 9.84 Å². The van der Waals surface area contributed by atoms with E-state index in [2.05, 4.69) is 0 Å². The summed E-state index contributed by atoms with van der Waals surface area (Å²) in [5.74, 6) is -1.39. The third-order valence-electron chi connectivity index (χ3n) is 6.89. The molecule has 3 aromatic carbocycles. The predicted octanol–water partition coefficient (Wildman–Crippen LogP) is 5.71. The van der Waals surface area contributed by atoms with Gasteiger partial charge in [-0.2, -0.15) is 0 Å².